The summed E-state index contributed by atoms with van der Waals surface area (Å²) in [6.45, 7) is 2.74. The van der Waals surface area contributed by atoms with Gasteiger partial charge in [0.25, 0.3) is 5.88 Å². The lowest BCUT2D eigenvalue weighted by molar-refractivity contribution is -0.126. The van der Waals surface area contributed by atoms with Crippen LogP contribution in [0.25, 0.3) is 10.7 Å². The SMILES string of the molecule is Cc1nnc(-c2ccc(F)c(OC3CN(C=O)C3)n2)s1. The molecule has 2 aromatic heterocycles. The molecule has 1 aliphatic rings. The normalized spacial score (nSPS) is 15.0. The van der Waals surface area contributed by atoms with Crippen LogP contribution >= 0.6 is 11.3 Å². The average Bonchev–Trinajstić information content (AvgIpc) is 2.82. The van der Waals surface area contributed by atoms with Crippen LogP contribution in [0.5, 0.6) is 5.88 Å². The van der Waals surface area contributed by atoms with Crippen LogP contribution in [-0.2, 0) is 4.79 Å². The first-order chi connectivity index (χ1) is 9.65. The monoisotopic (exact) mass is 294 g/mol. The van der Waals surface area contributed by atoms with E-state index < -0.39 is 5.82 Å². The van der Waals surface area contributed by atoms with Crippen LogP contribution < -0.4 is 4.74 Å². The van der Waals surface area contributed by atoms with E-state index in [1.165, 1.54) is 17.4 Å². The molecule has 0 atom stereocenters. The lowest BCUT2D eigenvalue weighted by Gasteiger charge is -2.35. The average molecular weight is 294 g/mol. The van der Waals surface area contributed by atoms with E-state index in [-0.39, 0.29) is 12.0 Å². The number of likely N-dealkylation sites (tertiary alicyclic amines) is 1. The number of rotatable bonds is 4. The van der Waals surface area contributed by atoms with Crippen LogP contribution in [-0.4, -0.2) is 45.7 Å². The van der Waals surface area contributed by atoms with Gasteiger partial charge in [0.2, 0.25) is 6.41 Å². The zero-order chi connectivity index (χ0) is 14.1. The first-order valence-corrected chi connectivity index (χ1v) is 6.80. The summed E-state index contributed by atoms with van der Waals surface area (Å²) in [5.74, 6) is -0.592. The van der Waals surface area contributed by atoms with Crippen molar-refractivity contribution in [2.75, 3.05) is 13.1 Å². The maximum Gasteiger partial charge on any atom is 0.251 e. The van der Waals surface area contributed by atoms with Crippen molar-refractivity contribution in [2.45, 2.75) is 13.0 Å². The minimum Gasteiger partial charge on any atom is -0.468 e. The number of aryl methyl sites for hydroxylation is 1. The van der Waals surface area contributed by atoms with Gasteiger partial charge in [0, 0.05) is 0 Å². The number of carbonyl (C=O) groups excluding carboxylic acids is 1. The summed E-state index contributed by atoms with van der Waals surface area (Å²) in [4.78, 5) is 16.1. The van der Waals surface area contributed by atoms with E-state index in [0.717, 1.165) is 11.4 Å². The third-order valence-electron chi connectivity index (χ3n) is 2.86. The molecule has 3 heterocycles. The van der Waals surface area contributed by atoms with Gasteiger partial charge in [0.1, 0.15) is 16.8 Å². The van der Waals surface area contributed by atoms with Crippen molar-refractivity contribution in [3.63, 3.8) is 0 Å². The Labute approximate surface area is 118 Å². The quantitative estimate of drug-likeness (QED) is 0.794. The van der Waals surface area contributed by atoms with E-state index in [2.05, 4.69) is 15.2 Å². The Morgan fingerprint density at radius 1 is 1.45 bits per heavy atom. The molecule has 0 saturated carbocycles. The second-order valence-corrected chi connectivity index (χ2v) is 5.59. The smallest absolute Gasteiger partial charge is 0.251 e. The molecule has 6 nitrogen and oxygen atoms in total. The maximum atomic E-state index is 13.7. The number of hydrogen-bond acceptors (Lipinski definition) is 6. The van der Waals surface area contributed by atoms with Gasteiger partial charge in [-0.05, 0) is 19.1 Å². The summed E-state index contributed by atoms with van der Waals surface area (Å²) in [6, 6.07) is 2.84. The van der Waals surface area contributed by atoms with E-state index in [1.54, 1.807) is 11.0 Å². The van der Waals surface area contributed by atoms with E-state index >= 15 is 0 Å². The van der Waals surface area contributed by atoms with Gasteiger partial charge in [0.05, 0.1) is 13.1 Å². The topological polar surface area (TPSA) is 68.2 Å². The van der Waals surface area contributed by atoms with Gasteiger partial charge in [-0.15, -0.1) is 10.2 Å². The standard InChI is InChI=1S/C12H11FN4O2S/c1-7-15-16-12(20-7)10-3-2-9(13)11(14-10)19-8-4-17(5-8)6-18/h2-3,6,8H,4-5H2,1H3. The molecule has 104 valence electrons. The molecule has 1 fully saturated rings. The Balaban J connectivity index is 1.79. The molecule has 3 rings (SSSR count). The summed E-state index contributed by atoms with van der Waals surface area (Å²) in [5, 5.41) is 9.31. The number of amides is 1. The summed E-state index contributed by atoms with van der Waals surface area (Å²) in [5.41, 5.74) is 0.526. The molecule has 2 aromatic rings. The van der Waals surface area contributed by atoms with Crippen molar-refractivity contribution in [1.29, 1.82) is 0 Å². The first-order valence-electron chi connectivity index (χ1n) is 5.99. The zero-order valence-electron chi connectivity index (χ0n) is 10.6. The lowest BCUT2D eigenvalue weighted by Crippen LogP contribution is -2.53. The highest BCUT2D eigenvalue weighted by molar-refractivity contribution is 7.14. The van der Waals surface area contributed by atoms with E-state index in [4.69, 9.17) is 4.74 Å². The van der Waals surface area contributed by atoms with Crippen LogP contribution in [0.1, 0.15) is 5.01 Å². The Hall–Kier alpha value is -2.09. The van der Waals surface area contributed by atoms with Gasteiger partial charge >= 0.3 is 0 Å². The van der Waals surface area contributed by atoms with E-state index in [9.17, 15) is 9.18 Å². The third-order valence-corrected chi connectivity index (χ3v) is 3.72. The second-order valence-electron chi connectivity index (χ2n) is 4.41. The fourth-order valence-electron chi connectivity index (χ4n) is 1.81. The number of hydrogen-bond donors (Lipinski definition) is 0. The van der Waals surface area contributed by atoms with Crippen LogP contribution in [0.3, 0.4) is 0 Å². The number of ether oxygens (including phenoxy) is 1. The van der Waals surface area contributed by atoms with Gasteiger partial charge in [-0.1, -0.05) is 11.3 Å². The Morgan fingerprint density at radius 2 is 2.25 bits per heavy atom. The largest absolute Gasteiger partial charge is 0.468 e. The van der Waals surface area contributed by atoms with Crippen molar-refractivity contribution in [3.8, 4) is 16.6 Å². The Kier molecular flexibility index (Phi) is 3.31. The molecule has 1 amide bonds. The van der Waals surface area contributed by atoms with Crippen LogP contribution in [0, 0.1) is 12.7 Å². The highest BCUT2D eigenvalue weighted by Crippen LogP contribution is 2.26. The van der Waals surface area contributed by atoms with Crippen molar-refractivity contribution < 1.29 is 13.9 Å². The van der Waals surface area contributed by atoms with E-state index in [1.807, 2.05) is 6.92 Å². The van der Waals surface area contributed by atoms with Crippen molar-refractivity contribution in [2.24, 2.45) is 0 Å². The fraction of sp³-hybridized carbons (Fsp3) is 0.333. The Morgan fingerprint density at radius 3 is 2.90 bits per heavy atom. The summed E-state index contributed by atoms with van der Waals surface area (Å²) < 4.78 is 19.1. The maximum absolute atomic E-state index is 13.7. The van der Waals surface area contributed by atoms with Crippen LogP contribution in [0.2, 0.25) is 0 Å². The van der Waals surface area contributed by atoms with Gasteiger partial charge in [0.15, 0.2) is 10.8 Å². The number of carbonyl (C=O) groups is 1. The molecule has 0 aromatic carbocycles. The summed E-state index contributed by atoms with van der Waals surface area (Å²) in [6.07, 6.45) is 0.526. The molecule has 1 saturated heterocycles. The van der Waals surface area contributed by atoms with Crippen LogP contribution in [0.15, 0.2) is 12.1 Å². The highest BCUT2D eigenvalue weighted by Gasteiger charge is 2.28. The highest BCUT2D eigenvalue weighted by atomic mass is 32.1. The number of pyridine rings is 1. The second kappa shape index (κ2) is 5.12. The summed E-state index contributed by atoms with van der Waals surface area (Å²) >= 11 is 1.38. The third kappa shape index (κ3) is 2.46. The van der Waals surface area contributed by atoms with Gasteiger partial charge in [-0.25, -0.2) is 9.37 Å². The lowest BCUT2D eigenvalue weighted by atomic mass is 10.2. The van der Waals surface area contributed by atoms with Crippen molar-refractivity contribution in [3.05, 3.63) is 23.0 Å². The van der Waals surface area contributed by atoms with Gasteiger partial charge in [-0.2, -0.15) is 0 Å². The summed E-state index contributed by atoms with van der Waals surface area (Å²) in [7, 11) is 0. The molecular formula is C12H11FN4O2S. The molecule has 0 unspecified atom stereocenters. The van der Waals surface area contributed by atoms with Crippen LogP contribution in [0.4, 0.5) is 4.39 Å². The first kappa shape index (κ1) is 12.9. The van der Waals surface area contributed by atoms with Gasteiger partial charge < -0.3 is 9.64 Å². The molecule has 0 spiro atoms. The number of aromatic nitrogens is 3. The number of halogens is 1. The molecule has 0 bridgehead atoms. The minimum absolute atomic E-state index is 0.0640. The molecule has 0 radical (unpaired) electrons. The number of nitrogens with zero attached hydrogens (tertiary/aromatic N) is 4. The zero-order valence-corrected chi connectivity index (χ0v) is 11.4. The molecule has 1 aliphatic heterocycles. The molecule has 0 N–H and O–H groups in total. The predicted octanol–water partition coefficient (Wildman–Crippen LogP) is 1.27. The molecule has 8 heteroatoms. The Bertz CT molecular complexity index is 642. The molecule has 0 aliphatic carbocycles. The van der Waals surface area contributed by atoms with Gasteiger partial charge in [-0.3, -0.25) is 4.79 Å². The predicted molar refractivity (Wildman–Crippen MR) is 69.9 cm³/mol. The minimum atomic E-state index is -0.528. The molecular weight excluding hydrogens is 283 g/mol. The fourth-order valence-corrected chi connectivity index (χ4v) is 2.47. The van der Waals surface area contributed by atoms with Crippen molar-refractivity contribution in [1.82, 2.24) is 20.1 Å². The van der Waals surface area contributed by atoms with Crippen molar-refractivity contribution >= 4 is 17.7 Å². The molecule has 20 heavy (non-hydrogen) atoms. The van der Waals surface area contributed by atoms with E-state index in [0.29, 0.717) is 23.8 Å².